The number of nitrogens with one attached hydrogen (secondary N) is 1. The van der Waals surface area contributed by atoms with Crippen LogP contribution in [0.1, 0.15) is 19.3 Å². The molecule has 94 valence electrons. The van der Waals surface area contributed by atoms with Gasteiger partial charge >= 0.3 is 0 Å². The Bertz CT molecular complexity index is 629. The van der Waals surface area contributed by atoms with Gasteiger partial charge in [-0.15, -0.1) is 0 Å². The van der Waals surface area contributed by atoms with Crippen LogP contribution in [-0.2, 0) is 0 Å². The van der Waals surface area contributed by atoms with Crippen molar-refractivity contribution < 1.29 is 0 Å². The number of hydrogen-bond acceptors (Lipinski definition) is 2. The summed E-state index contributed by atoms with van der Waals surface area (Å²) >= 11 is 3.28. The molecule has 0 radical (unpaired) electrons. The third-order valence-electron chi connectivity index (χ3n) is 3.54. The summed E-state index contributed by atoms with van der Waals surface area (Å²) in [5.74, 6) is 0. The number of fused-ring (bicyclic) bond motifs is 1. The van der Waals surface area contributed by atoms with E-state index < -0.39 is 0 Å². The van der Waals surface area contributed by atoms with Crippen molar-refractivity contribution in [2.24, 2.45) is 0 Å². The summed E-state index contributed by atoms with van der Waals surface area (Å²) in [6.07, 6.45) is 5.50. The Morgan fingerprint density at radius 1 is 1.17 bits per heavy atom. The summed E-state index contributed by atoms with van der Waals surface area (Å²) in [6, 6.07) is 6.09. The maximum atomic E-state index is 12.1. The Morgan fingerprint density at radius 2 is 1.94 bits per heavy atom. The van der Waals surface area contributed by atoms with E-state index in [9.17, 15) is 4.79 Å². The maximum Gasteiger partial charge on any atom is 0.203 e. The highest BCUT2D eigenvalue weighted by atomic mass is 79.9. The maximum absolute atomic E-state index is 12.1. The largest absolute Gasteiger partial charge is 0.372 e. The molecule has 1 fully saturated rings. The molecular formula is C14H15BrN2O. The Morgan fingerprint density at radius 3 is 2.72 bits per heavy atom. The molecule has 0 spiro atoms. The van der Waals surface area contributed by atoms with Crippen molar-refractivity contribution in [2.75, 3.05) is 18.0 Å². The van der Waals surface area contributed by atoms with Gasteiger partial charge in [-0.1, -0.05) is 0 Å². The fraction of sp³-hybridized carbons (Fsp3) is 0.357. The van der Waals surface area contributed by atoms with E-state index in [1.54, 1.807) is 6.20 Å². The summed E-state index contributed by atoms with van der Waals surface area (Å²) in [5.41, 5.74) is 2.11. The van der Waals surface area contributed by atoms with E-state index in [2.05, 4.69) is 31.9 Å². The summed E-state index contributed by atoms with van der Waals surface area (Å²) in [4.78, 5) is 17.6. The van der Waals surface area contributed by atoms with Gasteiger partial charge in [0, 0.05) is 35.9 Å². The molecule has 1 N–H and O–H groups in total. The molecule has 3 nitrogen and oxygen atoms in total. The van der Waals surface area contributed by atoms with Gasteiger partial charge in [-0.25, -0.2) is 0 Å². The summed E-state index contributed by atoms with van der Waals surface area (Å²) in [5, 5.41) is 0.757. The van der Waals surface area contributed by atoms with Crippen molar-refractivity contribution >= 4 is 32.5 Å². The lowest BCUT2D eigenvalue weighted by atomic mass is 10.1. The van der Waals surface area contributed by atoms with Crippen LogP contribution in [0.25, 0.3) is 10.9 Å². The molecule has 1 aliphatic rings. The third kappa shape index (κ3) is 2.05. The van der Waals surface area contributed by atoms with Crippen LogP contribution in [0.2, 0.25) is 0 Å². The molecule has 1 aromatic carbocycles. The van der Waals surface area contributed by atoms with E-state index in [4.69, 9.17) is 0 Å². The molecule has 1 aliphatic heterocycles. The van der Waals surface area contributed by atoms with Crippen molar-refractivity contribution in [3.05, 3.63) is 39.1 Å². The van der Waals surface area contributed by atoms with E-state index in [1.807, 2.05) is 12.1 Å². The SMILES string of the molecule is O=c1c(Br)c[nH]c2ccc(N3CCCCC3)cc12. The number of H-pyrrole nitrogens is 1. The minimum absolute atomic E-state index is 0.0580. The summed E-state index contributed by atoms with van der Waals surface area (Å²) in [7, 11) is 0. The number of benzene rings is 1. The zero-order valence-corrected chi connectivity index (χ0v) is 11.7. The first-order valence-corrected chi connectivity index (χ1v) is 7.11. The van der Waals surface area contributed by atoms with Crippen molar-refractivity contribution in [1.82, 2.24) is 4.98 Å². The van der Waals surface area contributed by atoms with Crippen LogP contribution in [0, 0.1) is 0 Å². The second kappa shape index (κ2) is 4.76. The van der Waals surface area contributed by atoms with E-state index in [1.165, 1.54) is 19.3 Å². The van der Waals surface area contributed by atoms with Gasteiger partial charge in [0.1, 0.15) is 0 Å². The Hall–Kier alpha value is -1.29. The van der Waals surface area contributed by atoms with Gasteiger partial charge in [0.2, 0.25) is 5.43 Å². The van der Waals surface area contributed by atoms with Gasteiger partial charge in [-0.05, 0) is 53.4 Å². The van der Waals surface area contributed by atoms with Crippen molar-refractivity contribution in [3.8, 4) is 0 Å². The predicted octanol–water partition coefficient (Wildman–Crippen LogP) is 3.28. The highest BCUT2D eigenvalue weighted by molar-refractivity contribution is 9.10. The molecule has 4 heteroatoms. The van der Waals surface area contributed by atoms with Gasteiger partial charge in [0.15, 0.2) is 0 Å². The molecular weight excluding hydrogens is 292 g/mol. The molecule has 18 heavy (non-hydrogen) atoms. The van der Waals surface area contributed by atoms with Gasteiger partial charge < -0.3 is 9.88 Å². The fourth-order valence-electron chi connectivity index (χ4n) is 2.53. The number of anilines is 1. The van der Waals surface area contributed by atoms with E-state index >= 15 is 0 Å². The molecule has 0 aliphatic carbocycles. The number of nitrogens with zero attached hydrogens (tertiary/aromatic N) is 1. The highest BCUT2D eigenvalue weighted by Crippen LogP contribution is 2.23. The Balaban J connectivity index is 2.09. The number of piperidine rings is 1. The molecule has 0 saturated carbocycles. The monoisotopic (exact) mass is 306 g/mol. The number of hydrogen-bond donors (Lipinski definition) is 1. The first-order chi connectivity index (χ1) is 8.75. The van der Waals surface area contributed by atoms with Crippen molar-refractivity contribution in [2.45, 2.75) is 19.3 Å². The average molecular weight is 307 g/mol. The van der Waals surface area contributed by atoms with Crippen LogP contribution in [-0.4, -0.2) is 18.1 Å². The third-order valence-corrected chi connectivity index (χ3v) is 4.13. The molecule has 0 amide bonds. The quantitative estimate of drug-likeness (QED) is 0.877. The smallest absolute Gasteiger partial charge is 0.203 e. The first kappa shape index (κ1) is 11.8. The second-order valence-electron chi connectivity index (χ2n) is 4.74. The van der Waals surface area contributed by atoms with Crippen LogP contribution >= 0.6 is 15.9 Å². The number of halogens is 1. The summed E-state index contributed by atoms with van der Waals surface area (Å²) in [6.45, 7) is 2.19. The van der Waals surface area contributed by atoms with Crippen LogP contribution in [0.5, 0.6) is 0 Å². The Kier molecular flexibility index (Phi) is 3.12. The number of rotatable bonds is 1. The van der Waals surface area contributed by atoms with Crippen LogP contribution in [0.3, 0.4) is 0 Å². The Labute approximate surface area is 114 Å². The molecule has 0 bridgehead atoms. The molecule has 0 unspecified atom stereocenters. The zero-order chi connectivity index (χ0) is 12.5. The molecule has 2 heterocycles. The molecule has 2 aromatic rings. The van der Waals surface area contributed by atoms with E-state index in [-0.39, 0.29) is 5.43 Å². The lowest BCUT2D eigenvalue weighted by Crippen LogP contribution is -2.29. The number of pyridine rings is 1. The van der Waals surface area contributed by atoms with Crippen molar-refractivity contribution in [3.63, 3.8) is 0 Å². The number of aromatic nitrogens is 1. The van der Waals surface area contributed by atoms with Gasteiger partial charge in [0.25, 0.3) is 0 Å². The van der Waals surface area contributed by atoms with Crippen LogP contribution < -0.4 is 10.3 Å². The minimum Gasteiger partial charge on any atom is -0.372 e. The topological polar surface area (TPSA) is 36.1 Å². The van der Waals surface area contributed by atoms with E-state index in [0.717, 1.165) is 29.7 Å². The standard InChI is InChI=1S/C14H15BrN2O/c15-12-9-16-13-5-4-10(8-11(13)14(12)18)17-6-2-1-3-7-17/h4-5,8-9H,1-3,6-7H2,(H,16,18). The predicted molar refractivity (Wildman–Crippen MR) is 78.3 cm³/mol. The van der Waals surface area contributed by atoms with Crippen molar-refractivity contribution in [1.29, 1.82) is 0 Å². The van der Waals surface area contributed by atoms with Crippen LogP contribution in [0.15, 0.2) is 33.7 Å². The molecule has 1 aromatic heterocycles. The van der Waals surface area contributed by atoms with Crippen LogP contribution in [0.4, 0.5) is 5.69 Å². The minimum atomic E-state index is 0.0580. The molecule has 0 atom stereocenters. The lowest BCUT2D eigenvalue weighted by Gasteiger charge is -2.28. The highest BCUT2D eigenvalue weighted by Gasteiger charge is 2.12. The van der Waals surface area contributed by atoms with Gasteiger partial charge in [-0.3, -0.25) is 4.79 Å². The van der Waals surface area contributed by atoms with Gasteiger partial charge in [-0.2, -0.15) is 0 Å². The molecule has 3 rings (SSSR count). The summed E-state index contributed by atoms with van der Waals surface area (Å²) < 4.78 is 0.589. The van der Waals surface area contributed by atoms with Gasteiger partial charge in [0.05, 0.1) is 4.47 Å². The normalized spacial score (nSPS) is 16.2. The zero-order valence-electron chi connectivity index (χ0n) is 10.1. The lowest BCUT2D eigenvalue weighted by molar-refractivity contribution is 0.578. The second-order valence-corrected chi connectivity index (χ2v) is 5.60. The fourth-order valence-corrected chi connectivity index (χ4v) is 2.86. The number of aromatic amines is 1. The van der Waals surface area contributed by atoms with E-state index in [0.29, 0.717) is 4.47 Å². The first-order valence-electron chi connectivity index (χ1n) is 6.31. The average Bonchev–Trinajstić information content (AvgIpc) is 2.44. The molecule has 1 saturated heterocycles.